The third-order valence-corrected chi connectivity index (χ3v) is 4.44. The van der Waals surface area contributed by atoms with E-state index in [1.807, 2.05) is 30.9 Å². The average molecular weight is 310 g/mol. The van der Waals surface area contributed by atoms with E-state index < -0.39 is 0 Å². The van der Waals surface area contributed by atoms with E-state index in [1.165, 1.54) is 0 Å². The highest BCUT2D eigenvalue weighted by Crippen LogP contribution is 2.20. The Hall–Kier alpha value is -1.26. The van der Waals surface area contributed by atoms with Crippen LogP contribution in [0, 0.1) is 12.8 Å². The lowest BCUT2D eigenvalue weighted by Gasteiger charge is -2.29. The van der Waals surface area contributed by atoms with Gasteiger partial charge in [0.1, 0.15) is 0 Å². The summed E-state index contributed by atoms with van der Waals surface area (Å²) in [6.45, 7) is 7.61. The first kappa shape index (κ1) is 16.1. The smallest absolute Gasteiger partial charge is 0.321 e. The van der Waals surface area contributed by atoms with E-state index in [-0.39, 0.29) is 6.03 Å². The lowest BCUT2D eigenvalue weighted by molar-refractivity contribution is 0.196. The number of anilines is 1. The second-order valence-corrected chi connectivity index (χ2v) is 6.03. The molecule has 0 aliphatic carbocycles. The molecule has 0 saturated carbocycles. The Kier molecular flexibility index (Phi) is 5.88. The van der Waals surface area contributed by atoms with Gasteiger partial charge in [0.15, 0.2) is 0 Å². The van der Waals surface area contributed by atoms with Gasteiger partial charge < -0.3 is 15.5 Å². The fourth-order valence-electron chi connectivity index (χ4n) is 2.60. The van der Waals surface area contributed by atoms with Gasteiger partial charge in [-0.05, 0) is 63.4 Å². The number of nitrogens with one attached hydrogen (secondary N) is 2. The van der Waals surface area contributed by atoms with Crippen molar-refractivity contribution >= 4 is 23.3 Å². The number of carbonyl (C=O) groups excluding carboxylic acids is 1. The molecule has 1 aliphatic rings. The molecule has 21 heavy (non-hydrogen) atoms. The maximum absolute atomic E-state index is 12.4. The van der Waals surface area contributed by atoms with Crippen molar-refractivity contribution in [2.24, 2.45) is 5.92 Å². The largest absolute Gasteiger partial charge is 0.325 e. The van der Waals surface area contributed by atoms with Gasteiger partial charge in [-0.25, -0.2) is 4.79 Å². The first-order valence-electron chi connectivity index (χ1n) is 7.63. The Morgan fingerprint density at radius 2 is 2.14 bits per heavy atom. The van der Waals surface area contributed by atoms with E-state index in [4.69, 9.17) is 11.6 Å². The second-order valence-electron chi connectivity index (χ2n) is 5.63. The van der Waals surface area contributed by atoms with Gasteiger partial charge in [0, 0.05) is 23.8 Å². The minimum absolute atomic E-state index is 0.0454. The van der Waals surface area contributed by atoms with Crippen LogP contribution in [0.5, 0.6) is 0 Å². The standard InChI is InChI=1S/C16H24ClN3O/c1-3-20(11-13-6-8-18-9-7-13)16(21)19-14-5-4-12(2)15(17)10-14/h4-5,10,13,18H,3,6-9,11H2,1-2H3,(H,19,21). The summed E-state index contributed by atoms with van der Waals surface area (Å²) in [5, 5.41) is 6.97. The molecule has 2 amide bonds. The van der Waals surface area contributed by atoms with Crippen molar-refractivity contribution in [2.75, 3.05) is 31.5 Å². The first-order valence-corrected chi connectivity index (χ1v) is 8.00. The van der Waals surface area contributed by atoms with Crippen LogP contribution < -0.4 is 10.6 Å². The summed E-state index contributed by atoms with van der Waals surface area (Å²) < 4.78 is 0. The van der Waals surface area contributed by atoms with Crippen LogP contribution >= 0.6 is 11.6 Å². The van der Waals surface area contributed by atoms with Crippen molar-refractivity contribution in [1.82, 2.24) is 10.2 Å². The Morgan fingerprint density at radius 1 is 1.43 bits per heavy atom. The van der Waals surface area contributed by atoms with Crippen molar-refractivity contribution in [2.45, 2.75) is 26.7 Å². The van der Waals surface area contributed by atoms with Gasteiger partial charge in [0.05, 0.1) is 0 Å². The third-order valence-electron chi connectivity index (χ3n) is 4.03. The first-order chi connectivity index (χ1) is 10.1. The molecule has 4 nitrogen and oxygen atoms in total. The monoisotopic (exact) mass is 309 g/mol. The Bertz CT molecular complexity index is 486. The minimum atomic E-state index is -0.0454. The van der Waals surface area contributed by atoms with Crippen LogP contribution in [0.4, 0.5) is 10.5 Å². The molecule has 0 unspecified atom stereocenters. The number of urea groups is 1. The van der Waals surface area contributed by atoms with E-state index in [1.54, 1.807) is 6.07 Å². The molecule has 0 radical (unpaired) electrons. The Morgan fingerprint density at radius 3 is 2.76 bits per heavy atom. The number of aryl methyl sites for hydroxylation is 1. The van der Waals surface area contributed by atoms with Crippen LogP contribution in [-0.2, 0) is 0 Å². The number of hydrogen-bond acceptors (Lipinski definition) is 2. The summed E-state index contributed by atoms with van der Waals surface area (Å²) in [5.74, 6) is 0.596. The number of nitrogens with zero attached hydrogens (tertiary/aromatic N) is 1. The molecule has 1 saturated heterocycles. The van der Waals surface area contributed by atoms with E-state index in [0.29, 0.717) is 10.9 Å². The number of piperidine rings is 1. The lowest BCUT2D eigenvalue weighted by Crippen LogP contribution is -2.41. The molecule has 1 heterocycles. The van der Waals surface area contributed by atoms with Crippen LogP contribution in [0.15, 0.2) is 18.2 Å². The average Bonchev–Trinajstić information content (AvgIpc) is 2.49. The minimum Gasteiger partial charge on any atom is -0.325 e. The summed E-state index contributed by atoms with van der Waals surface area (Å²) in [5.41, 5.74) is 1.76. The quantitative estimate of drug-likeness (QED) is 0.894. The summed E-state index contributed by atoms with van der Waals surface area (Å²) >= 11 is 6.09. The summed E-state index contributed by atoms with van der Waals surface area (Å²) in [6.07, 6.45) is 2.28. The molecular weight excluding hydrogens is 286 g/mol. The normalized spacial score (nSPS) is 15.8. The van der Waals surface area contributed by atoms with Gasteiger partial charge in [-0.3, -0.25) is 0 Å². The van der Waals surface area contributed by atoms with E-state index >= 15 is 0 Å². The van der Waals surface area contributed by atoms with Crippen molar-refractivity contribution in [3.8, 4) is 0 Å². The van der Waals surface area contributed by atoms with Gasteiger partial charge in [0.2, 0.25) is 0 Å². The molecular formula is C16H24ClN3O. The predicted octanol–water partition coefficient (Wildman–Crippen LogP) is 3.50. The van der Waals surface area contributed by atoms with Crippen LogP contribution in [0.2, 0.25) is 5.02 Å². The maximum Gasteiger partial charge on any atom is 0.321 e. The van der Waals surface area contributed by atoms with E-state index in [0.717, 1.165) is 50.3 Å². The fourth-order valence-corrected chi connectivity index (χ4v) is 2.79. The van der Waals surface area contributed by atoms with Crippen molar-refractivity contribution < 1.29 is 4.79 Å². The zero-order valence-electron chi connectivity index (χ0n) is 12.8. The molecule has 116 valence electrons. The molecule has 2 N–H and O–H groups in total. The molecule has 1 aliphatic heterocycles. The molecule has 0 aromatic heterocycles. The number of rotatable bonds is 4. The van der Waals surface area contributed by atoms with Crippen molar-refractivity contribution in [3.63, 3.8) is 0 Å². The van der Waals surface area contributed by atoms with E-state index in [9.17, 15) is 4.79 Å². The van der Waals surface area contributed by atoms with Crippen LogP contribution in [0.1, 0.15) is 25.3 Å². The molecule has 1 aromatic rings. The lowest BCUT2D eigenvalue weighted by atomic mass is 9.98. The number of carbonyl (C=O) groups is 1. The van der Waals surface area contributed by atoms with Crippen LogP contribution in [0.3, 0.4) is 0 Å². The number of amides is 2. The molecule has 5 heteroatoms. The van der Waals surface area contributed by atoms with Gasteiger partial charge >= 0.3 is 6.03 Å². The molecule has 0 atom stereocenters. The molecule has 0 bridgehead atoms. The van der Waals surface area contributed by atoms with Gasteiger partial charge in [-0.2, -0.15) is 0 Å². The van der Waals surface area contributed by atoms with Gasteiger partial charge in [0.25, 0.3) is 0 Å². The van der Waals surface area contributed by atoms with Crippen LogP contribution in [-0.4, -0.2) is 37.1 Å². The fraction of sp³-hybridized carbons (Fsp3) is 0.562. The molecule has 1 fully saturated rings. The van der Waals surface area contributed by atoms with E-state index in [2.05, 4.69) is 10.6 Å². The summed E-state index contributed by atoms with van der Waals surface area (Å²) in [7, 11) is 0. The van der Waals surface area contributed by atoms with Gasteiger partial charge in [-0.15, -0.1) is 0 Å². The zero-order valence-corrected chi connectivity index (χ0v) is 13.5. The molecule has 1 aromatic carbocycles. The summed E-state index contributed by atoms with van der Waals surface area (Å²) in [6, 6.07) is 5.56. The SMILES string of the molecule is CCN(CC1CCNCC1)C(=O)Nc1ccc(C)c(Cl)c1. The van der Waals surface area contributed by atoms with Crippen LogP contribution in [0.25, 0.3) is 0 Å². The molecule has 2 rings (SSSR count). The van der Waals surface area contributed by atoms with Gasteiger partial charge in [-0.1, -0.05) is 17.7 Å². The Labute approximate surface area is 131 Å². The number of benzene rings is 1. The number of halogens is 1. The van der Waals surface area contributed by atoms with Crippen molar-refractivity contribution in [3.05, 3.63) is 28.8 Å². The topological polar surface area (TPSA) is 44.4 Å². The highest BCUT2D eigenvalue weighted by atomic mass is 35.5. The molecule has 0 spiro atoms. The highest BCUT2D eigenvalue weighted by molar-refractivity contribution is 6.31. The zero-order chi connectivity index (χ0) is 15.2. The maximum atomic E-state index is 12.4. The highest BCUT2D eigenvalue weighted by Gasteiger charge is 2.19. The second kappa shape index (κ2) is 7.66. The van der Waals surface area contributed by atoms with Crippen molar-refractivity contribution in [1.29, 1.82) is 0 Å². The summed E-state index contributed by atoms with van der Waals surface area (Å²) in [4.78, 5) is 14.2. The predicted molar refractivity (Wildman–Crippen MR) is 88.0 cm³/mol. The Balaban J connectivity index is 1.94. The number of hydrogen-bond donors (Lipinski definition) is 2. The third kappa shape index (κ3) is 4.61.